The van der Waals surface area contributed by atoms with Crippen molar-refractivity contribution in [3.05, 3.63) is 60.2 Å². The molecule has 41 heavy (non-hydrogen) atoms. The Morgan fingerprint density at radius 2 is 1.95 bits per heavy atom. The number of esters is 1. The van der Waals surface area contributed by atoms with Crippen molar-refractivity contribution in [1.82, 2.24) is 10.3 Å². The number of benzene rings is 1. The summed E-state index contributed by atoms with van der Waals surface area (Å²) in [6.07, 6.45) is 9.07. The fourth-order valence-electron chi connectivity index (χ4n) is 6.64. The molecule has 1 N–H and O–H groups in total. The number of carbonyl (C=O) groups excluding carboxylic acids is 2. The zero-order chi connectivity index (χ0) is 29.7. The molecule has 0 spiro atoms. The number of ether oxygens (including phenoxy) is 2. The molecule has 2 aromatic rings. The number of cyclic esters (lactones) is 1. The van der Waals surface area contributed by atoms with Gasteiger partial charge in [0.15, 0.2) is 0 Å². The van der Waals surface area contributed by atoms with Gasteiger partial charge in [0, 0.05) is 34.1 Å². The first-order valence-electron chi connectivity index (χ1n) is 13.6. The van der Waals surface area contributed by atoms with Gasteiger partial charge in [-0.1, -0.05) is 24.3 Å². The van der Waals surface area contributed by atoms with Gasteiger partial charge in [0.1, 0.15) is 11.9 Å². The number of allylic oxidation sites excluding steroid dienone is 1. The van der Waals surface area contributed by atoms with Crippen molar-refractivity contribution < 1.29 is 41.0 Å². The Bertz CT molecular complexity index is 1360. The van der Waals surface area contributed by atoms with Crippen LogP contribution in [0.3, 0.4) is 0 Å². The third-order valence-corrected chi connectivity index (χ3v) is 8.18. The molecule has 0 radical (unpaired) electrons. The van der Waals surface area contributed by atoms with Gasteiger partial charge in [0.2, 0.25) is 0 Å². The van der Waals surface area contributed by atoms with Crippen molar-refractivity contribution in [2.75, 3.05) is 6.61 Å². The third-order valence-electron chi connectivity index (χ3n) is 8.18. The first-order valence-corrected chi connectivity index (χ1v) is 15.0. The van der Waals surface area contributed by atoms with Crippen LogP contribution >= 0.6 is 0 Å². The van der Waals surface area contributed by atoms with Gasteiger partial charge >= 0.3 is 12.1 Å². The highest BCUT2D eigenvalue weighted by Crippen LogP contribution is 2.53. The summed E-state index contributed by atoms with van der Waals surface area (Å²) in [6.45, 7) is 4.15. The Balaban J connectivity index is 0.000000714. The highest BCUT2D eigenvalue weighted by molar-refractivity contribution is 7.79. The molecule has 3 aliphatic rings. The van der Waals surface area contributed by atoms with Crippen LogP contribution in [0.15, 0.2) is 48.7 Å². The van der Waals surface area contributed by atoms with Crippen molar-refractivity contribution in [3.63, 3.8) is 0 Å². The maximum Gasteiger partial charge on any atom is 0.407 e. The van der Waals surface area contributed by atoms with Crippen molar-refractivity contribution in [3.8, 4) is 11.1 Å². The lowest BCUT2D eigenvalue weighted by Crippen LogP contribution is -2.48. The van der Waals surface area contributed by atoms with Crippen LogP contribution in [0.1, 0.15) is 45.2 Å². The Morgan fingerprint density at radius 1 is 1.20 bits per heavy atom. The van der Waals surface area contributed by atoms with E-state index in [9.17, 15) is 14.0 Å². The molecule has 1 saturated heterocycles. The predicted molar refractivity (Wildman–Crippen MR) is 145 cm³/mol. The highest BCUT2D eigenvalue weighted by Gasteiger charge is 2.54. The zero-order valence-electron chi connectivity index (χ0n) is 22.8. The molecular weight excluding hydrogens is 555 g/mol. The van der Waals surface area contributed by atoms with Gasteiger partial charge in [-0.2, -0.15) is 0 Å². The van der Waals surface area contributed by atoms with Crippen LogP contribution in [-0.4, -0.2) is 53.3 Å². The molecule has 2 saturated carbocycles. The van der Waals surface area contributed by atoms with E-state index in [0.29, 0.717) is 18.4 Å². The topological polar surface area (TPSA) is 158 Å². The van der Waals surface area contributed by atoms with Gasteiger partial charge in [-0.3, -0.25) is 18.2 Å². The molecule has 1 amide bonds. The summed E-state index contributed by atoms with van der Waals surface area (Å²) in [5.41, 5.74) is 2.48. The number of alkyl carbamates (subject to hydrolysis) is 1. The van der Waals surface area contributed by atoms with E-state index in [-0.39, 0.29) is 47.8 Å². The maximum atomic E-state index is 13.6. The van der Waals surface area contributed by atoms with Crippen LogP contribution in [0, 0.1) is 35.4 Å². The van der Waals surface area contributed by atoms with Crippen LogP contribution in [0.25, 0.3) is 17.2 Å². The number of fused-ring (bicyclic) bond motifs is 2. The SMILES string of the molecule is CCOC(=O)N[C@@H]1CC[C@@H]2[C@@H](C1)C[C@H]1C(=O)O[C@H](C)[C@H]1[C@H]2/C=C/c1ccc(-c2cccc(F)c2)cn1.O=S(=O)([O-])[O-]. The fraction of sp³-hybridized carbons (Fsp3) is 0.483. The average molecular weight is 589 g/mol. The molecule has 3 fully saturated rings. The van der Waals surface area contributed by atoms with Crippen LogP contribution < -0.4 is 5.32 Å². The predicted octanol–water partition coefficient (Wildman–Crippen LogP) is 4.29. The molecule has 5 rings (SSSR count). The standard InChI is InChI=1S/C29H33FN2O4.H2O4S/c1-3-35-29(34)32-23-10-11-24-20(14-23)15-26-27(17(2)36-28(26)33)25(24)12-9-22-8-7-19(16-31-22)18-5-4-6-21(30)13-18;1-5(2,3)4/h4-9,12-13,16-17,20,23-27H,3,10-11,14-15H2,1-2H3,(H,32,34);(H2,1,2,3,4)/p-2/b12-9+;/t17-,20+,23-,24-,25+,26-,27+;/m1./s1. The number of nitrogens with one attached hydrogen (secondary N) is 1. The second kappa shape index (κ2) is 13.1. The normalized spacial score (nSPS) is 29.0. The number of hydrogen-bond donors (Lipinski definition) is 1. The molecule has 1 aromatic heterocycles. The smallest absolute Gasteiger partial charge is 0.407 e. The summed E-state index contributed by atoms with van der Waals surface area (Å²) in [6, 6.07) is 10.4. The number of rotatable bonds is 5. The van der Waals surface area contributed by atoms with E-state index < -0.39 is 10.4 Å². The minimum absolute atomic E-state index is 0.0679. The van der Waals surface area contributed by atoms with Crippen molar-refractivity contribution in [2.24, 2.45) is 29.6 Å². The largest absolute Gasteiger partial charge is 0.759 e. The lowest BCUT2D eigenvalue weighted by atomic mass is 9.57. The molecule has 10 nitrogen and oxygen atoms in total. The quantitative estimate of drug-likeness (QED) is 0.305. The minimum atomic E-state index is -5.17. The second-order valence-electron chi connectivity index (χ2n) is 10.7. The summed E-state index contributed by atoms with van der Waals surface area (Å²) in [7, 11) is -5.17. The van der Waals surface area contributed by atoms with E-state index in [1.54, 1.807) is 19.2 Å². The molecule has 1 aliphatic heterocycles. The Morgan fingerprint density at radius 3 is 2.61 bits per heavy atom. The number of hydrogen-bond acceptors (Lipinski definition) is 9. The van der Waals surface area contributed by atoms with Gasteiger partial charge in [0.05, 0.1) is 18.2 Å². The van der Waals surface area contributed by atoms with Crippen LogP contribution in [-0.2, 0) is 24.7 Å². The fourth-order valence-corrected chi connectivity index (χ4v) is 6.64. The number of amides is 1. The summed E-state index contributed by atoms with van der Waals surface area (Å²) in [5.74, 6) is 0.629. The number of nitrogens with zero attached hydrogens (tertiary/aromatic N) is 1. The lowest BCUT2D eigenvalue weighted by molar-refractivity contribution is -0.144. The second-order valence-corrected chi connectivity index (χ2v) is 11.5. The van der Waals surface area contributed by atoms with Crippen LogP contribution in [0.2, 0.25) is 0 Å². The molecule has 7 atom stereocenters. The van der Waals surface area contributed by atoms with Gasteiger partial charge < -0.3 is 23.9 Å². The van der Waals surface area contributed by atoms with E-state index in [4.69, 9.17) is 27.0 Å². The molecular formula is C29H33FN2O8S-2. The molecule has 12 heteroatoms. The van der Waals surface area contributed by atoms with Gasteiger partial charge in [-0.25, -0.2) is 9.18 Å². The molecule has 222 valence electrons. The van der Waals surface area contributed by atoms with E-state index in [1.807, 2.05) is 31.2 Å². The van der Waals surface area contributed by atoms with Crippen LogP contribution in [0.4, 0.5) is 9.18 Å². The average Bonchev–Trinajstić information content (AvgIpc) is 3.18. The highest BCUT2D eigenvalue weighted by atomic mass is 32.3. The molecule has 2 heterocycles. The first-order chi connectivity index (χ1) is 19.4. The molecule has 0 bridgehead atoms. The van der Waals surface area contributed by atoms with E-state index in [0.717, 1.165) is 42.5 Å². The Labute approximate surface area is 238 Å². The van der Waals surface area contributed by atoms with Gasteiger partial charge in [-0.15, -0.1) is 0 Å². The zero-order valence-corrected chi connectivity index (χ0v) is 23.6. The number of halogens is 1. The minimum Gasteiger partial charge on any atom is -0.759 e. The molecule has 2 aliphatic carbocycles. The number of aromatic nitrogens is 1. The van der Waals surface area contributed by atoms with Gasteiger partial charge in [-0.05, 0) is 87.1 Å². The summed E-state index contributed by atoms with van der Waals surface area (Å²) < 4.78 is 58.4. The van der Waals surface area contributed by atoms with Crippen molar-refractivity contribution in [1.29, 1.82) is 0 Å². The monoisotopic (exact) mass is 588 g/mol. The van der Waals surface area contributed by atoms with E-state index in [2.05, 4.69) is 16.4 Å². The summed E-state index contributed by atoms with van der Waals surface area (Å²) >= 11 is 0. The third kappa shape index (κ3) is 8.11. The number of carbonyl (C=O) groups is 2. The molecule has 1 aromatic carbocycles. The maximum absolute atomic E-state index is 13.6. The summed E-state index contributed by atoms with van der Waals surface area (Å²) in [5, 5.41) is 3.00. The van der Waals surface area contributed by atoms with Crippen molar-refractivity contribution >= 4 is 28.5 Å². The Kier molecular flexibility index (Phi) is 9.77. The van der Waals surface area contributed by atoms with Crippen LogP contribution in [0.5, 0.6) is 0 Å². The number of pyridine rings is 1. The lowest BCUT2D eigenvalue weighted by Gasteiger charge is -2.47. The van der Waals surface area contributed by atoms with E-state index in [1.165, 1.54) is 12.1 Å². The van der Waals surface area contributed by atoms with E-state index >= 15 is 0 Å². The van der Waals surface area contributed by atoms with Crippen molar-refractivity contribution in [2.45, 2.75) is 51.7 Å². The summed E-state index contributed by atoms with van der Waals surface area (Å²) in [4.78, 5) is 29.2. The molecule has 0 unspecified atom stereocenters. The Hall–Kier alpha value is -3.35. The first kappa shape index (κ1) is 30.6. The van der Waals surface area contributed by atoms with Gasteiger partial charge in [0.25, 0.3) is 0 Å².